The van der Waals surface area contributed by atoms with E-state index in [-0.39, 0.29) is 12.7 Å². The van der Waals surface area contributed by atoms with E-state index >= 15 is 0 Å². The van der Waals surface area contributed by atoms with E-state index in [1.807, 2.05) is 32.9 Å². The zero-order chi connectivity index (χ0) is 18.0. The average molecular weight is 344 g/mol. The summed E-state index contributed by atoms with van der Waals surface area (Å²) < 4.78 is 7.51. The summed E-state index contributed by atoms with van der Waals surface area (Å²) in [6.07, 6.45) is 3.89. The quantitative estimate of drug-likeness (QED) is 0.922. The molecule has 3 heterocycles. The van der Waals surface area contributed by atoms with E-state index in [2.05, 4.69) is 14.5 Å². The third-order valence-electron chi connectivity index (χ3n) is 4.12. The van der Waals surface area contributed by atoms with E-state index in [1.54, 1.807) is 17.4 Å². The fourth-order valence-electron chi connectivity index (χ4n) is 2.93. The number of imidazole rings is 1. The highest BCUT2D eigenvalue weighted by Crippen LogP contribution is 2.21. The van der Waals surface area contributed by atoms with Gasteiger partial charge in [-0.2, -0.15) is 0 Å². The van der Waals surface area contributed by atoms with Crippen molar-refractivity contribution < 1.29 is 14.6 Å². The first-order valence-electron chi connectivity index (χ1n) is 8.42. The van der Waals surface area contributed by atoms with Gasteiger partial charge < -0.3 is 19.3 Å². The maximum atomic E-state index is 12.2. The molecule has 1 aliphatic rings. The van der Waals surface area contributed by atoms with Gasteiger partial charge in [-0.15, -0.1) is 0 Å². The molecule has 0 spiro atoms. The van der Waals surface area contributed by atoms with Crippen LogP contribution >= 0.6 is 0 Å². The van der Waals surface area contributed by atoms with Gasteiger partial charge in [-0.25, -0.2) is 9.78 Å². The molecule has 7 nitrogen and oxygen atoms in total. The summed E-state index contributed by atoms with van der Waals surface area (Å²) in [7, 11) is 0. The SMILES string of the molecule is CC(C)(C)OC(=O)N1CCc2c(ncn2Cc2cccnc2CO)C1. The Morgan fingerprint density at radius 1 is 1.36 bits per heavy atom. The largest absolute Gasteiger partial charge is 0.444 e. The van der Waals surface area contributed by atoms with Crippen LogP contribution in [0.5, 0.6) is 0 Å². The summed E-state index contributed by atoms with van der Waals surface area (Å²) in [5, 5.41) is 9.43. The number of carbonyl (C=O) groups excluding carboxylic acids is 1. The van der Waals surface area contributed by atoms with E-state index in [9.17, 15) is 9.90 Å². The Hall–Kier alpha value is -2.41. The van der Waals surface area contributed by atoms with Crippen molar-refractivity contribution in [2.75, 3.05) is 6.54 Å². The van der Waals surface area contributed by atoms with Gasteiger partial charge in [0.2, 0.25) is 0 Å². The zero-order valence-electron chi connectivity index (χ0n) is 14.9. The fourth-order valence-corrected chi connectivity index (χ4v) is 2.93. The van der Waals surface area contributed by atoms with Crippen LogP contribution in [0.15, 0.2) is 24.7 Å². The lowest BCUT2D eigenvalue weighted by Gasteiger charge is -2.30. The highest BCUT2D eigenvalue weighted by molar-refractivity contribution is 5.68. The number of aliphatic hydroxyl groups is 1. The number of ether oxygens (including phenoxy) is 1. The molecule has 0 bridgehead atoms. The number of amides is 1. The molecule has 0 unspecified atom stereocenters. The van der Waals surface area contributed by atoms with Gasteiger partial charge in [0.05, 0.1) is 37.4 Å². The number of carbonyl (C=O) groups is 1. The monoisotopic (exact) mass is 344 g/mol. The number of aromatic nitrogens is 3. The first-order chi connectivity index (χ1) is 11.9. The Bertz CT molecular complexity index is 764. The second-order valence-corrected chi connectivity index (χ2v) is 7.19. The smallest absolute Gasteiger partial charge is 0.410 e. The first-order valence-corrected chi connectivity index (χ1v) is 8.42. The van der Waals surface area contributed by atoms with Gasteiger partial charge in [0.15, 0.2) is 0 Å². The molecule has 7 heteroatoms. The van der Waals surface area contributed by atoms with E-state index in [4.69, 9.17) is 4.74 Å². The molecule has 2 aromatic rings. The van der Waals surface area contributed by atoms with Gasteiger partial charge in [-0.1, -0.05) is 6.07 Å². The summed E-state index contributed by atoms with van der Waals surface area (Å²) in [6, 6.07) is 3.82. The molecule has 0 aromatic carbocycles. The number of hydrogen-bond acceptors (Lipinski definition) is 5. The summed E-state index contributed by atoms with van der Waals surface area (Å²) in [5.74, 6) is 0. The first kappa shape index (κ1) is 17.4. The predicted molar refractivity (Wildman–Crippen MR) is 91.8 cm³/mol. The number of hydrogen-bond donors (Lipinski definition) is 1. The van der Waals surface area contributed by atoms with Gasteiger partial charge >= 0.3 is 6.09 Å². The average Bonchev–Trinajstić information content (AvgIpc) is 2.96. The van der Waals surface area contributed by atoms with Crippen LogP contribution in [0, 0.1) is 0 Å². The molecule has 1 aliphatic heterocycles. The molecule has 0 aliphatic carbocycles. The third-order valence-corrected chi connectivity index (χ3v) is 4.12. The topological polar surface area (TPSA) is 80.5 Å². The van der Waals surface area contributed by atoms with Crippen LogP contribution in [0.3, 0.4) is 0 Å². The Labute approximate surface area is 147 Å². The molecule has 0 atom stereocenters. The maximum absolute atomic E-state index is 12.2. The number of pyridine rings is 1. The second kappa shape index (κ2) is 6.84. The van der Waals surface area contributed by atoms with Crippen LogP contribution in [0.25, 0.3) is 0 Å². The summed E-state index contributed by atoms with van der Waals surface area (Å²) >= 11 is 0. The molecule has 134 valence electrons. The number of nitrogens with zero attached hydrogens (tertiary/aromatic N) is 4. The molecule has 0 radical (unpaired) electrons. The van der Waals surface area contributed by atoms with Crippen molar-refractivity contribution in [1.29, 1.82) is 0 Å². The Morgan fingerprint density at radius 2 is 2.16 bits per heavy atom. The van der Waals surface area contributed by atoms with Gasteiger partial charge in [-0.3, -0.25) is 4.98 Å². The molecule has 25 heavy (non-hydrogen) atoms. The minimum Gasteiger partial charge on any atom is -0.444 e. The highest BCUT2D eigenvalue weighted by Gasteiger charge is 2.28. The summed E-state index contributed by atoms with van der Waals surface area (Å²) in [5.41, 5.74) is 3.16. The molecule has 1 amide bonds. The molecular weight excluding hydrogens is 320 g/mol. The minimum atomic E-state index is -0.502. The van der Waals surface area contributed by atoms with Crippen LogP contribution in [-0.2, 0) is 30.9 Å². The molecule has 0 saturated carbocycles. The third kappa shape index (κ3) is 3.99. The van der Waals surface area contributed by atoms with Crippen LogP contribution in [0.2, 0.25) is 0 Å². The lowest BCUT2D eigenvalue weighted by Crippen LogP contribution is -2.40. The summed E-state index contributed by atoms with van der Waals surface area (Å²) in [4.78, 5) is 22.6. The van der Waals surface area contributed by atoms with Crippen molar-refractivity contribution >= 4 is 6.09 Å². The molecule has 1 N–H and O–H groups in total. The number of aliphatic hydroxyl groups excluding tert-OH is 1. The van der Waals surface area contributed by atoms with Crippen LogP contribution < -0.4 is 0 Å². The summed E-state index contributed by atoms with van der Waals surface area (Å²) in [6.45, 7) is 7.17. The second-order valence-electron chi connectivity index (χ2n) is 7.19. The van der Waals surface area contributed by atoms with E-state index < -0.39 is 5.60 Å². The lowest BCUT2D eigenvalue weighted by molar-refractivity contribution is 0.0220. The molecule has 0 saturated heterocycles. The van der Waals surface area contributed by atoms with E-state index in [0.717, 1.165) is 23.4 Å². The lowest BCUT2D eigenvalue weighted by atomic mass is 10.1. The van der Waals surface area contributed by atoms with Crippen molar-refractivity contribution in [3.05, 3.63) is 47.3 Å². The standard InChI is InChI=1S/C18H24N4O3/c1-18(2,3)25-17(24)21-8-6-16-14(10-21)20-12-22(16)9-13-5-4-7-19-15(13)11-23/h4-5,7,12,23H,6,8-11H2,1-3H3. The minimum absolute atomic E-state index is 0.0838. The van der Waals surface area contributed by atoms with Gasteiger partial charge in [0, 0.05) is 24.9 Å². The highest BCUT2D eigenvalue weighted by atomic mass is 16.6. The van der Waals surface area contributed by atoms with E-state index in [1.165, 1.54) is 0 Å². The molecule has 0 fully saturated rings. The van der Waals surface area contributed by atoms with Gasteiger partial charge in [0.1, 0.15) is 5.60 Å². The molecular formula is C18H24N4O3. The van der Waals surface area contributed by atoms with Crippen molar-refractivity contribution in [3.63, 3.8) is 0 Å². The van der Waals surface area contributed by atoms with Gasteiger partial charge in [0.25, 0.3) is 0 Å². The molecule has 3 rings (SSSR count). The Kier molecular flexibility index (Phi) is 4.76. The van der Waals surface area contributed by atoms with E-state index in [0.29, 0.717) is 25.3 Å². The van der Waals surface area contributed by atoms with Crippen molar-refractivity contribution in [1.82, 2.24) is 19.4 Å². The fraction of sp³-hybridized carbons (Fsp3) is 0.500. The van der Waals surface area contributed by atoms with Gasteiger partial charge in [-0.05, 0) is 32.4 Å². The molecule has 2 aromatic heterocycles. The predicted octanol–water partition coefficient (Wildman–Crippen LogP) is 2.11. The van der Waals surface area contributed by atoms with Crippen molar-refractivity contribution in [2.24, 2.45) is 0 Å². The number of fused-ring (bicyclic) bond motifs is 1. The number of rotatable bonds is 3. The van der Waals surface area contributed by atoms with Crippen LogP contribution in [0.4, 0.5) is 4.79 Å². The zero-order valence-corrected chi connectivity index (χ0v) is 14.9. The normalized spacial score (nSPS) is 14.3. The Balaban J connectivity index is 1.74. The maximum Gasteiger partial charge on any atom is 0.410 e. The van der Waals surface area contributed by atoms with Crippen LogP contribution in [0.1, 0.15) is 43.4 Å². The van der Waals surface area contributed by atoms with Crippen molar-refractivity contribution in [2.45, 2.75) is 52.5 Å². The van der Waals surface area contributed by atoms with Crippen LogP contribution in [-0.4, -0.2) is 42.8 Å². The Morgan fingerprint density at radius 3 is 2.88 bits per heavy atom. The van der Waals surface area contributed by atoms with Crippen molar-refractivity contribution in [3.8, 4) is 0 Å².